The number of ether oxygens (including phenoxy) is 4. The molecule has 0 unspecified atom stereocenters. The van der Waals surface area contributed by atoms with Crippen LogP contribution in [0.2, 0.25) is 0 Å². The standard InChI is InChI=1S/C22H22N4O3.C14H16N2O2.C12H12N2O2.C10H12N2O2.C7H10N2.C7H10O4.ClH/c1-15-12-19(26(24-15)13-16-8-4-3-5-9-16)21(27)23-17-14-29-20-11-7-6-10-18(20)25(2)22(17)28;1-3-18-14(17)13-9-11(2)15-16(13)10-12-7-5-4-6-8-12;1-9-7-11(12(15)16)14(13-9)8-10-5-3-2-4-6-10;1-12-8-4-2-3-5-9(8)14-6-7(11)10(12)13;8-9-6-7-4-2-1-3-5-7;1-3-11-7(10)6(9)4-5(2)8;/h3-12,17H,13-14H2,1-2H3,(H,23,27);4-9H,3,10H2,1-2H3;2-7H,8H2,1H3,(H,15,16);2-5,7H,6,11H2,1H3;1-5,9H,6,8H2;3-4H2,1-2H3;1H/t17-;;;7-;;;/m0..0.../s1. The number of Topliss-reactive ketones (excluding diaryl/α,β-unsaturated/α-hetero) is 2. The Bertz CT molecular complexity index is 4060. The number of nitrogens with one attached hydrogen (secondary N) is 2. The van der Waals surface area contributed by atoms with Crippen molar-refractivity contribution in [1.29, 1.82) is 0 Å². The van der Waals surface area contributed by atoms with E-state index in [1.165, 1.54) is 27.0 Å². The number of ketones is 2. The molecule has 26 heteroatoms. The van der Waals surface area contributed by atoms with E-state index in [0.29, 0.717) is 60.5 Å². The van der Waals surface area contributed by atoms with E-state index in [-0.39, 0.29) is 73.8 Å². The Morgan fingerprint density at radius 2 is 0.939 bits per heavy atom. The molecule has 7 N–H and O–H groups in total. The van der Waals surface area contributed by atoms with Crippen LogP contribution >= 0.6 is 12.4 Å². The number of esters is 2. The molecule has 2 aliphatic heterocycles. The lowest BCUT2D eigenvalue weighted by molar-refractivity contribution is -0.154. The third kappa shape index (κ3) is 24.0. The van der Waals surface area contributed by atoms with Gasteiger partial charge >= 0.3 is 17.9 Å². The maximum atomic E-state index is 13.0. The molecule has 6 aromatic carbocycles. The van der Waals surface area contributed by atoms with E-state index in [9.17, 15) is 38.4 Å². The first-order valence-corrected chi connectivity index (χ1v) is 31.0. The molecule has 3 amide bonds. The number of amides is 3. The first-order valence-electron chi connectivity index (χ1n) is 31.0. The number of benzene rings is 6. The number of anilines is 2. The molecule has 0 bridgehead atoms. The number of carboxylic acids is 1. The maximum Gasteiger partial charge on any atom is 0.375 e. The van der Waals surface area contributed by atoms with Crippen molar-refractivity contribution >= 4 is 71.0 Å². The Kier molecular flexibility index (Phi) is 31.4. The van der Waals surface area contributed by atoms with Gasteiger partial charge in [-0.1, -0.05) is 146 Å². The Morgan fingerprint density at radius 1 is 0.551 bits per heavy atom. The van der Waals surface area contributed by atoms with Crippen molar-refractivity contribution in [1.82, 2.24) is 40.1 Å². The van der Waals surface area contributed by atoms with Gasteiger partial charge in [0.25, 0.3) is 11.8 Å². The van der Waals surface area contributed by atoms with Crippen LogP contribution in [0, 0.1) is 20.8 Å². The lowest BCUT2D eigenvalue weighted by Crippen LogP contribution is -2.49. The van der Waals surface area contributed by atoms with Crippen LogP contribution in [-0.2, 0) is 59.6 Å². The van der Waals surface area contributed by atoms with Crippen LogP contribution in [-0.4, -0.2) is 134 Å². The number of nitrogens with zero attached hydrogens (tertiary/aromatic N) is 8. The smallest absolute Gasteiger partial charge is 0.375 e. The van der Waals surface area contributed by atoms with E-state index in [2.05, 4.69) is 30.8 Å². The van der Waals surface area contributed by atoms with Crippen molar-refractivity contribution in [2.75, 3.05) is 50.3 Å². The Balaban J connectivity index is 0.000000222. The molecule has 98 heavy (non-hydrogen) atoms. The molecule has 516 valence electrons. The summed E-state index contributed by atoms with van der Waals surface area (Å²) in [5, 5.41) is 24.7. The van der Waals surface area contributed by atoms with Gasteiger partial charge in [-0.25, -0.2) is 14.4 Å². The molecule has 0 fully saturated rings. The number of hydrazine groups is 1. The van der Waals surface area contributed by atoms with Crippen LogP contribution in [0.4, 0.5) is 11.4 Å². The number of hydrogen-bond donors (Lipinski definition) is 5. The highest BCUT2D eigenvalue weighted by molar-refractivity contribution is 6.37. The zero-order valence-corrected chi connectivity index (χ0v) is 56.7. The summed E-state index contributed by atoms with van der Waals surface area (Å²) in [6, 6.07) is 57.8. The van der Waals surface area contributed by atoms with Gasteiger partial charge in [-0.3, -0.25) is 49.3 Å². The minimum absolute atomic E-state index is 0. The lowest BCUT2D eigenvalue weighted by atomic mass is 10.2. The van der Waals surface area contributed by atoms with Gasteiger partial charge in [0.05, 0.1) is 67.7 Å². The molecule has 0 spiro atoms. The van der Waals surface area contributed by atoms with Crippen LogP contribution in [0.1, 0.15) is 98.0 Å². The number of aromatic carboxylic acids is 1. The molecule has 5 heterocycles. The zero-order valence-electron chi connectivity index (χ0n) is 55.9. The summed E-state index contributed by atoms with van der Waals surface area (Å²) < 4.78 is 25.4. The van der Waals surface area contributed by atoms with E-state index in [0.717, 1.165) is 40.3 Å². The highest BCUT2D eigenvalue weighted by Crippen LogP contribution is 2.31. The molecule has 9 aromatic rings. The maximum absolute atomic E-state index is 13.0. The van der Waals surface area contributed by atoms with Crippen molar-refractivity contribution in [3.8, 4) is 11.5 Å². The van der Waals surface area contributed by atoms with Crippen LogP contribution in [0.5, 0.6) is 11.5 Å². The number of nitrogens with two attached hydrogens (primary N) is 2. The van der Waals surface area contributed by atoms with Gasteiger partial charge < -0.3 is 44.9 Å². The zero-order chi connectivity index (χ0) is 70.4. The minimum Gasteiger partial charge on any atom is -0.489 e. The SMILES string of the molecule is CCOC(=O)C(=O)CC(C)=O.CCOC(=O)c1cc(C)nn1Cc1ccccc1.CN1C(=O)[C@@H](N)COc2ccccc21.Cc1cc(C(=O)N[C@H]2COc3ccccc3N(C)C2=O)n(Cc2ccccc2)n1.Cc1cc(C(=O)O)n(Cc2ccccc2)n1.Cl.NNCc1ccccc1. The number of halogens is 1. The van der Waals surface area contributed by atoms with Gasteiger partial charge in [0, 0.05) is 20.6 Å². The normalized spacial score (nSPS) is 13.2. The van der Waals surface area contributed by atoms with Crippen molar-refractivity contribution in [3.05, 3.63) is 244 Å². The van der Waals surface area contributed by atoms with Crippen molar-refractivity contribution in [2.45, 2.75) is 86.2 Å². The molecule has 3 aromatic heterocycles. The van der Waals surface area contributed by atoms with Gasteiger partial charge in [-0.15, -0.1) is 12.4 Å². The molecule has 11 rings (SSSR count). The minimum atomic E-state index is -0.948. The number of aryl methyl sites for hydroxylation is 3. The molecule has 25 nitrogen and oxygen atoms in total. The summed E-state index contributed by atoms with van der Waals surface area (Å²) in [4.78, 5) is 94.8. The summed E-state index contributed by atoms with van der Waals surface area (Å²) in [6.07, 6.45) is -0.362. The van der Waals surface area contributed by atoms with E-state index < -0.39 is 29.8 Å². The monoisotopic (exact) mass is 1360 g/mol. The second-order valence-electron chi connectivity index (χ2n) is 21.8. The average molecular weight is 1360 g/mol. The molecule has 2 aliphatic rings. The van der Waals surface area contributed by atoms with Crippen molar-refractivity contribution in [2.24, 2.45) is 11.6 Å². The summed E-state index contributed by atoms with van der Waals surface area (Å²) in [7, 11) is 3.38. The fourth-order valence-electron chi connectivity index (χ4n) is 9.48. The third-order valence-electron chi connectivity index (χ3n) is 14.1. The molecular formula is C72H83ClN12O13. The Labute approximate surface area is 575 Å². The fraction of sp³-hybridized carbons (Fsp3) is 0.264. The van der Waals surface area contributed by atoms with E-state index >= 15 is 0 Å². The van der Waals surface area contributed by atoms with Crippen LogP contribution in [0.3, 0.4) is 0 Å². The number of carbonyl (C=O) groups is 8. The summed E-state index contributed by atoms with van der Waals surface area (Å²) in [6.45, 7) is 13.2. The van der Waals surface area contributed by atoms with Gasteiger partial charge in [0.15, 0.2) is 0 Å². The predicted octanol–water partition coefficient (Wildman–Crippen LogP) is 8.29. The second kappa shape index (κ2) is 39.7. The largest absolute Gasteiger partial charge is 0.489 e. The van der Waals surface area contributed by atoms with E-state index in [1.54, 1.807) is 62.4 Å². The quantitative estimate of drug-likeness (QED) is 0.0188. The molecule has 0 saturated heterocycles. The van der Waals surface area contributed by atoms with E-state index in [1.807, 2.05) is 184 Å². The summed E-state index contributed by atoms with van der Waals surface area (Å²) in [5.41, 5.74) is 17.4. The molecule has 0 aliphatic carbocycles. The van der Waals surface area contributed by atoms with Gasteiger partial charge in [-0.2, -0.15) is 15.3 Å². The molecular weight excluding hydrogens is 1280 g/mol. The number of fused-ring (bicyclic) bond motifs is 2. The van der Waals surface area contributed by atoms with E-state index in [4.69, 9.17) is 30.9 Å². The molecule has 0 saturated carbocycles. The Morgan fingerprint density at radius 3 is 1.38 bits per heavy atom. The number of carbonyl (C=O) groups excluding carboxylic acids is 7. The number of carboxylic acid groups (broad SMARTS) is 1. The number of rotatable bonds is 17. The molecule has 2 atom stereocenters. The average Bonchev–Trinajstić information content (AvgIpc) is 1.66. The summed E-state index contributed by atoms with van der Waals surface area (Å²) in [5.74, 6) is 2.42. The van der Waals surface area contributed by atoms with Crippen molar-refractivity contribution in [3.63, 3.8) is 0 Å². The second-order valence-corrected chi connectivity index (χ2v) is 21.8. The molecule has 0 radical (unpaired) electrons. The van der Waals surface area contributed by atoms with Crippen molar-refractivity contribution < 1.29 is 62.4 Å². The van der Waals surface area contributed by atoms with Crippen LogP contribution < -0.4 is 41.6 Å². The number of hydrogen-bond acceptors (Lipinski definition) is 18. The van der Waals surface area contributed by atoms with Crippen LogP contribution in [0.25, 0.3) is 0 Å². The number of likely N-dealkylation sites (N-methyl/N-ethyl adjacent to an activating group) is 2. The fourth-order valence-corrected chi connectivity index (χ4v) is 9.48. The third-order valence-corrected chi connectivity index (χ3v) is 14.1. The van der Waals surface area contributed by atoms with Gasteiger partial charge in [0.2, 0.25) is 11.7 Å². The predicted molar refractivity (Wildman–Crippen MR) is 372 cm³/mol. The van der Waals surface area contributed by atoms with Gasteiger partial charge in [0.1, 0.15) is 59.7 Å². The lowest BCUT2D eigenvalue weighted by Gasteiger charge is -2.20. The first kappa shape index (κ1) is 77.6. The first-order chi connectivity index (χ1) is 46.6. The number of aromatic nitrogens is 6. The highest BCUT2D eigenvalue weighted by Gasteiger charge is 2.32. The Hall–Kier alpha value is -11.1. The van der Waals surface area contributed by atoms with Gasteiger partial charge in [-0.05, 0) is 106 Å². The number of para-hydroxylation sites is 4. The topological polar surface area (TPSA) is 330 Å². The van der Waals surface area contributed by atoms with Crippen LogP contribution in [0.15, 0.2) is 188 Å². The highest BCUT2D eigenvalue weighted by atomic mass is 35.5. The summed E-state index contributed by atoms with van der Waals surface area (Å²) >= 11 is 0.